The summed E-state index contributed by atoms with van der Waals surface area (Å²) in [6, 6.07) is 11.9. The first kappa shape index (κ1) is 22.7. The molecule has 0 bridgehead atoms. The third-order valence-corrected chi connectivity index (χ3v) is 5.53. The van der Waals surface area contributed by atoms with E-state index in [2.05, 4.69) is 36.7 Å². The second kappa shape index (κ2) is 9.87. The van der Waals surface area contributed by atoms with E-state index in [1.165, 1.54) is 6.07 Å². The summed E-state index contributed by atoms with van der Waals surface area (Å²) in [7, 11) is 0. The molecular weight excluding hydrogens is 461 g/mol. The molecule has 0 radical (unpaired) electrons. The average Bonchev–Trinajstić information content (AvgIpc) is 3.02. The minimum atomic E-state index is -0.444. The van der Waals surface area contributed by atoms with Crippen molar-refractivity contribution in [3.63, 3.8) is 0 Å². The predicted octanol–water partition coefficient (Wildman–Crippen LogP) is 5.13. The largest absolute Gasteiger partial charge is 0.326 e. The minimum Gasteiger partial charge on any atom is -0.326 e. The molecule has 2 aromatic carbocycles. The van der Waals surface area contributed by atoms with Gasteiger partial charge in [-0.15, -0.1) is 0 Å². The van der Waals surface area contributed by atoms with Crippen LogP contribution < -0.4 is 10.6 Å². The number of halogens is 2. The third-order valence-electron chi connectivity index (χ3n) is 5.00. The van der Waals surface area contributed by atoms with Crippen LogP contribution in [-0.2, 0) is 13.1 Å². The van der Waals surface area contributed by atoms with Crippen molar-refractivity contribution < 1.29 is 9.18 Å². The summed E-state index contributed by atoms with van der Waals surface area (Å²) in [5.41, 5.74) is 4.41. The Hall–Kier alpha value is -3.00. The molecule has 0 aliphatic heterocycles. The van der Waals surface area contributed by atoms with Gasteiger partial charge in [0.05, 0.1) is 12.2 Å². The molecule has 31 heavy (non-hydrogen) atoms. The number of carbonyl (C=O) groups is 1. The van der Waals surface area contributed by atoms with E-state index in [-0.39, 0.29) is 11.5 Å². The number of nitrogens with zero attached hydrogens (tertiary/aromatic N) is 3. The van der Waals surface area contributed by atoms with Crippen molar-refractivity contribution in [3.8, 4) is 0 Å². The van der Waals surface area contributed by atoms with Gasteiger partial charge in [-0.2, -0.15) is 5.10 Å². The lowest BCUT2D eigenvalue weighted by Gasteiger charge is -2.12. The van der Waals surface area contributed by atoms with Crippen molar-refractivity contribution in [3.05, 3.63) is 80.8 Å². The van der Waals surface area contributed by atoms with Crippen molar-refractivity contribution in [1.82, 2.24) is 15.1 Å². The Balaban J connectivity index is 1.87. The second-order valence-electron chi connectivity index (χ2n) is 7.18. The van der Waals surface area contributed by atoms with Crippen LogP contribution in [0.1, 0.15) is 39.8 Å². The molecule has 0 fully saturated rings. The summed E-state index contributed by atoms with van der Waals surface area (Å²) < 4.78 is 16.8. The number of guanidine groups is 1. The average molecular weight is 486 g/mol. The zero-order valence-corrected chi connectivity index (χ0v) is 19.5. The van der Waals surface area contributed by atoms with Gasteiger partial charge in [-0.05, 0) is 69.7 Å². The number of aromatic nitrogens is 2. The number of amides is 1. The van der Waals surface area contributed by atoms with Gasteiger partial charge >= 0.3 is 0 Å². The Morgan fingerprint density at radius 2 is 1.87 bits per heavy atom. The lowest BCUT2D eigenvalue weighted by Crippen LogP contribution is -2.36. The molecule has 0 saturated heterocycles. The first-order valence-corrected chi connectivity index (χ1v) is 10.7. The van der Waals surface area contributed by atoms with E-state index < -0.39 is 11.7 Å². The molecule has 0 spiro atoms. The van der Waals surface area contributed by atoms with Gasteiger partial charge in [-0.3, -0.25) is 14.8 Å². The standard InChI is InChI=1S/C23H25BrFN5O/c1-5-30-16(4)20(15(3)29-30)13-26-23(27-19-10-8-18(24)9-11-19)28-22(31)17-7-6-14(2)21(25)12-17/h6-12H,5,13H2,1-4H3,(H2,26,27,28,31). The van der Waals surface area contributed by atoms with E-state index in [0.717, 1.165) is 33.7 Å². The van der Waals surface area contributed by atoms with E-state index >= 15 is 0 Å². The van der Waals surface area contributed by atoms with Crippen molar-refractivity contribution in [2.75, 3.05) is 5.32 Å². The summed E-state index contributed by atoms with van der Waals surface area (Å²) in [6.45, 7) is 8.76. The molecule has 0 aliphatic carbocycles. The number of hydrogen-bond acceptors (Lipinski definition) is 3. The molecule has 3 rings (SSSR count). The topological polar surface area (TPSA) is 71.3 Å². The van der Waals surface area contributed by atoms with Gasteiger partial charge in [0.1, 0.15) is 5.82 Å². The minimum absolute atomic E-state index is 0.222. The van der Waals surface area contributed by atoms with Gasteiger partial charge in [-0.1, -0.05) is 22.0 Å². The van der Waals surface area contributed by atoms with Gasteiger partial charge < -0.3 is 5.32 Å². The molecular formula is C23H25BrFN5O. The van der Waals surface area contributed by atoms with Crippen LogP contribution in [0.3, 0.4) is 0 Å². The molecule has 2 N–H and O–H groups in total. The van der Waals surface area contributed by atoms with Crippen LogP contribution in [0.4, 0.5) is 10.1 Å². The number of hydrogen-bond donors (Lipinski definition) is 2. The highest BCUT2D eigenvalue weighted by atomic mass is 79.9. The smallest absolute Gasteiger partial charge is 0.258 e. The van der Waals surface area contributed by atoms with E-state index in [0.29, 0.717) is 12.1 Å². The number of rotatable bonds is 5. The molecule has 0 unspecified atom stereocenters. The Kier molecular flexibility index (Phi) is 7.22. The Morgan fingerprint density at radius 1 is 1.16 bits per heavy atom. The number of aryl methyl sites for hydroxylation is 3. The van der Waals surface area contributed by atoms with Gasteiger partial charge in [0.25, 0.3) is 5.91 Å². The Morgan fingerprint density at radius 3 is 2.48 bits per heavy atom. The van der Waals surface area contributed by atoms with Crippen LogP contribution in [0, 0.1) is 26.6 Å². The zero-order chi connectivity index (χ0) is 22.5. The molecule has 1 amide bonds. The maximum Gasteiger partial charge on any atom is 0.258 e. The lowest BCUT2D eigenvalue weighted by molar-refractivity contribution is 0.0976. The second-order valence-corrected chi connectivity index (χ2v) is 8.10. The lowest BCUT2D eigenvalue weighted by atomic mass is 10.1. The van der Waals surface area contributed by atoms with Crippen molar-refractivity contribution in [2.45, 2.75) is 40.8 Å². The fraction of sp³-hybridized carbons (Fsp3) is 0.261. The van der Waals surface area contributed by atoms with Gasteiger partial charge in [0, 0.05) is 33.5 Å². The normalized spacial score (nSPS) is 11.5. The van der Waals surface area contributed by atoms with Gasteiger partial charge in [-0.25, -0.2) is 9.38 Å². The Labute approximate surface area is 189 Å². The number of benzene rings is 2. The molecule has 3 aromatic rings. The quantitative estimate of drug-likeness (QED) is 0.388. The molecule has 0 saturated carbocycles. The van der Waals surface area contributed by atoms with E-state index in [1.807, 2.05) is 49.7 Å². The summed E-state index contributed by atoms with van der Waals surface area (Å²) in [4.78, 5) is 17.3. The molecule has 0 aliphatic rings. The summed E-state index contributed by atoms with van der Waals surface area (Å²) >= 11 is 3.41. The summed E-state index contributed by atoms with van der Waals surface area (Å²) in [6.07, 6.45) is 0. The highest BCUT2D eigenvalue weighted by molar-refractivity contribution is 9.10. The maximum atomic E-state index is 13.9. The SMILES string of the molecule is CCn1nc(C)c(CN=C(NC(=O)c2ccc(C)c(F)c2)Nc2ccc(Br)cc2)c1C. The fourth-order valence-electron chi connectivity index (χ4n) is 3.12. The van der Waals surface area contributed by atoms with Gasteiger partial charge in [0.2, 0.25) is 5.96 Å². The highest BCUT2D eigenvalue weighted by Crippen LogP contribution is 2.16. The fourth-order valence-corrected chi connectivity index (χ4v) is 3.39. The van der Waals surface area contributed by atoms with Crippen LogP contribution in [0.5, 0.6) is 0 Å². The van der Waals surface area contributed by atoms with Crippen LogP contribution in [-0.4, -0.2) is 21.6 Å². The van der Waals surface area contributed by atoms with E-state index in [9.17, 15) is 9.18 Å². The monoisotopic (exact) mass is 485 g/mol. The van der Waals surface area contributed by atoms with Crippen molar-refractivity contribution in [1.29, 1.82) is 0 Å². The highest BCUT2D eigenvalue weighted by Gasteiger charge is 2.14. The number of nitrogens with one attached hydrogen (secondary N) is 2. The first-order valence-electron chi connectivity index (χ1n) is 9.96. The van der Waals surface area contributed by atoms with Crippen LogP contribution >= 0.6 is 15.9 Å². The van der Waals surface area contributed by atoms with E-state index in [4.69, 9.17) is 0 Å². The summed E-state index contributed by atoms with van der Waals surface area (Å²) in [5, 5.41) is 10.4. The van der Waals surface area contributed by atoms with Crippen LogP contribution in [0.15, 0.2) is 51.9 Å². The molecule has 8 heteroatoms. The third kappa shape index (κ3) is 5.58. The van der Waals surface area contributed by atoms with Gasteiger partial charge in [0.15, 0.2) is 0 Å². The molecule has 6 nitrogen and oxygen atoms in total. The van der Waals surface area contributed by atoms with E-state index in [1.54, 1.807) is 19.1 Å². The molecule has 1 aromatic heterocycles. The zero-order valence-electron chi connectivity index (χ0n) is 18.0. The van der Waals surface area contributed by atoms with Crippen LogP contribution in [0.25, 0.3) is 0 Å². The molecule has 1 heterocycles. The van der Waals surface area contributed by atoms with Crippen LogP contribution in [0.2, 0.25) is 0 Å². The molecule has 0 atom stereocenters. The Bertz CT molecular complexity index is 1120. The number of aliphatic imine (C=N–C) groups is 1. The first-order chi connectivity index (χ1) is 14.8. The predicted molar refractivity (Wildman–Crippen MR) is 125 cm³/mol. The van der Waals surface area contributed by atoms with Crippen molar-refractivity contribution in [2.24, 2.45) is 4.99 Å². The number of carbonyl (C=O) groups excluding carboxylic acids is 1. The summed E-state index contributed by atoms with van der Waals surface area (Å²) in [5.74, 6) is -0.596. The number of anilines is 1. The molecule has 162 valence electrons. The maximum absolute atomic E-state index is 13.9. The van der Waals surface area contributed by atoms with Crippen molar-refractivity contribution >= 4 is 33.5 Å².